The topological polar surface area (TPSA) is 41.9 Å². The highest BCUT2D eigenvalue weighted by molar-refractivity contribution is 5.53. The molecule has 0 fully saturated rings. The van der Waals surface area contributed by atoms with Crippen molar-refractivity contribution >= 4 is 5.69 Å². The van der Waals surface area contributed by atoms with Crippen LogP contribution in [0, 0.1) is 0 Å². The van der Waals surface area contributed by atoms with Crippen molar-refractivity contribution in [3.63, 3.8) is 0 Å². The van der Waals surface area contributed by atoms with E-state index in [1.807, 2.05) is 0 Å². The molecule has 3 rings (SSSR count). The maximum absolute atomic E-state index is 14.3. The van der Waals surface area contributed by atoms with Gasteiger partial charge in [0, 0.05) is 23.9 Å². The summed E-state index contributed by atoms with van der Waals surface area (Å²) in [6, 6.07) is 10.6. The van der Waals surface area contributed by atoms with E-state index in [2.05, 4.69) is 4.74 Å². The van der Waals surface area contributed by atoms with Crippen molar-refractivity contribution in [1.82, 2.24) is 0 Å². The van der Waals surface area contributed by atoms with Gasteiger partial charge in [-0.25, -0.2) is 0 Å². The van der Waals surface area contributed by atoms with Gasteiger partial charge < -0.3 is 19.5 Å². The molecule has 1 unspecified atom stereocenters. The number of benzene rings is 3. The fourth-order valence-electron chi connectivity index (χ4n) is 3.70. The molecule has 0 radical (unpaired) electrons. The normalized spacial score (nSPS) is 14.0. The number of aliphatic hydroxyl groups is 1. The second kappa shape index (κ2) is 12.8. The van der Waals surface area contributed by atoms with Crippen LogP contribution in [0.1, 0.15) is 11.1 Å². The number of hydrogen-bond acceptors (Lipinski definition) is 4. The molecule has 0 aliphatic rings. The molecule has 1 N–H and O–H groups in total. The van der Waals surface area contributed by atoms with Crippen molar-refractivity contribution in [3.05, 3.63) is 83.9 Å². The zero-order valence-corrected chi connectivity index (χ0v) is 22.0. The average molecular weight is 671 g/mol. The highest BCUT2D eigenvalue weighted by Gasteiger charge is 2.73. The molecule has 0 saturated heterocycles. The first-order valence-electron chi connectivity index (χ1n) is 12.2. The Labute approximate surface area is 244 Å². The number of anilines is 1. The molecule has 1 atom stereocenters. The third kappa shape index (κ3) is 8.20. The van der Waals surface area contributed by atoms with Crippen LogP contribution in [0.3, 0.4) is 0 Å². The lowest BCUT2D eigenvalue weighted by molar-refractivity contribution is -0.359. The summed E-state index contributed by atoms with van der Waals surface area (Å²) in [7, 11) is 0. The Kier molecular flexibility index (Phi) is 10.1. The second-order valence-corrected chi connectivity index (χ2v) is 9.30. The summed E-state index contributed by atoms with van der Waals surface area (Å²) in [6.07, 6.45) is -24.2. The number of hydrogen-bond donors (Lipinski definition) is 1. The zero-order chi connectivity index (χ0) is 34.0. The van der Waals surface area contributed by atoms with E-state index >= 15 is 0 Å². The molecular formula is C27H19F14NO3. The average Bonchev–Trinajstić information content (AvgIpc) is 2.92. The van der Waals surface area contributed by atoms with E-state index < -0.39 is 78.6 Å². The van der Waals surface area contributed by atoms with Crippen molar-refractivity contribution in [2.24, 2.45) is 0 Å². The standard InChI is InChI=1S/C27H19F14NO3/c28-22(29)25(35,36)45-20-10-2-1-9-19(20)44-18-8-4-7-17(12-18)42(14-21(43)24(32,33)34)13-15-5-3-6-16(11-15)23(30,31)26(37,38)27(39,40)41/h1-12,21-22,43H,13-14H2. The molecule has 0 spiro atoms. The number of ether oxygens (including phenoxy) is 2. The highest BCUT2D eigenvalue weighted by atomic mass is 19.4. The third-order valence-corrected chi connectivity index (χ3v) is 5.94. The monoisotopic (exact) mass is 671 g/mol. The Morgan fingerprint density at radius 1 is 0.711 bits per heavy atom. The van der Waals surface area contributed by atoms with Gasteiger partial charge in [-0.2, -0.15) is 61.5 Å². The Bertz CT molecular complexity index is 1440. The molecule has 0 amide bonds. The van der Waals surface area contributed by atoms with Gasteiger partial charge in [0.05, 0.1) is 6.54 Å². The first kappa shape index (κ1) is 35.5. The zero-order valence-electron chi connectivity index (χ0n) is 22.0. The summed E-state index contributed by atoms with van der Waals surface area (Å²) in [4.78, 5) is 0.678. The van der Waals surface area contributed by atoms with Gasteiger partial charge in [0.2, 0.25) is 0 Å². The van der Waals surface area contributed by atoms with E-state index in [4.69, 9.17) is 4.74 Å². The molecule has 3 aromatic carbocycles. The Morgan fingerprint density at radius 2 is 1.31 bits per heavy atom. The van der Waals surface area contributed by atoms with Crippen LogP contribution in [0.25, 0.3) is 0 Å². The van der Waals surface area contributed by atoms with Crippen LogP contribution < -0.4 is 14.4 Å². The fraction of sp³-hybridized carbons (Fsp3) is 0.333. The van der Waals surface area contributed by atoms with E-state index in [0.717, 1.165) is 48.5 Å². The van der Waals surface area contributed by atoms with E-state index in [1.54, 1.807) is 0 Å². The van der Waals surface area contributed by atoms with Crippen LogP contribution in [0.2, 0.25) is 0 Å². The SMILES string of the molecule is OC(CN(Cc1cccc(C(F)(F)C(F)(F)C(F)(F)F)c1)c1cccc(Oc2ccccc2OC(F)(F)C(F)F)c1)C(F)(F)F. The minimum atomic E-state index is -6.66. The lowest BCUT2D eigenvalue weighted by atomic mass is 9.99. The maximum atomic E-state index is 14.3. The molecule has 0 aliphatic heterocycles. The van der Waals surface area contributed by atoms with Crippen LogP contribution in [-0.2, 0) is 12.5 Å². The summed E-state index contributed by atoms with van der Waals surface area (Å²) in [6.45, 7) is -2.20. The summed E-state index contributed by atoms with van der Waals surface area (Å²) in [5.74, 6) is -14.1. The lowest BCUT2D eigenvalue weighted by Gasteiger charge is -2.30. The first-order valence-corrected chi connectivity index (χ1v) is 12.2. The molecular weight excluding hydrogens is 652 g/mol. The van der Waals surface area contributed by atoms with Crippen molar-refractivity contribution < 1.29 is 76.0 Å². The molecule has 3 aromatic rings. The molecule has 45 heavy (non-hydrogen) atoms. The van der Waals surface area contributed by atoms with Gasteiger partial charge in [-0.3, -0.25) is 0 Å². The lowest BCUT2D eigenvalue weighted by Crippen LogP contribution is -2.50. The summed E-state index contributed by atoms with van der Waals surface area (Å²) < 4.78 is 195. The summed E-state index contributed by atoms with van der Waals surface area (Å²) in [5, 5.41) is 9.68. The minimum Gasteiger partial charge on any atom is -0.453 e. The number of rotatable bonds is 12. The van der Waals surface area contributed by atoms with Gasteiger partial charge in [0.1, 0.15) is 5.75 Å². The van der Waals surface area contributed by atoms with Crippen molar-refractivity contribution in [3.8, 4) is 17.2 Å². The van der Waals surface area contributed by atoms with Gasteiger partial charge in [-0.05, 0) is 35.9 Å². The van der Waals surface area contributed by atoms with Gasteiger partial charge >= 0.3 is 36.7 Å². The fourth-order valence-corrected chi connectivity index (χ4v) is 3.70. The number of alkyl halides is 14. The number of para-hydroxylation sites is 2. The predicted octanol–water partition coefficient (Wildman–Crippen LogP) is 8.93. The first-order chi connectivity index (χ1) is 20.6. The smallest absolute Gasteiger partial charge is 0.453 e. The van der Waals surface area contributed by atoms with Crippen LogP contribution >= 0.6 is 0 Å². The summed E-state index contributed by atoms with van der Waals surface area (Å²) in [5.41, 5.74) is -2.59. The molecule has 0 aliphatic carbocycles. The number of nitrogens with zero attached hydrogens (tertiary/aromatic N) is 1. The Morgan fingerprint density at radius 3 is 1.89 bits per heavy atom. The molecule has 0 bridgehead atoms. The van der Waals surface area contributed by atoms with E-state index in [0.29, 0.717) is 11.0 Å². The van der Waals surface area contributed by atoms with E-state index in [9.17, 15) is 66.6 Å². The van der Waals surface area contributed by atoms with Crippen LogP contribution in [0.15, 0.2) is 72.8 Å². The molecule has 0 heterocycles. The Balaban J connectivity index is 1.98. The molecule has 0 saturated carbocycles. The van der Waals surface area contributed by atoms with Gasteiger partial charge in [-0.15, -0.1) is 0 Å². The number of halogens is 14. The quantitative estimate of drug-likeness (QED) is 0.195. The van der Waals surface area contributed by atoms with Gasteiger partial charge in [-0.1, -0.05) is 36.4 Å². The van der Waals surface area contributed by atoms with Gasteiger partial charge in [0.25, 0.3) is 0 Å². The van der Waals surface area contributed by atoms with E-state index in [-0.39, 0.29) is 23.6 Å². The second-order valence-electron chi connectivity index (χ2n) is 9.30. The predicted molar refractivity (Wildman–Crippen MR) is 129 cm³/mol. The van der Waals surface area contributed by atoms with E-state index in [1.165, 1.54) is 6.07 Å². The van der Waals surface area contributed by atoms with Crippen LogP contribution in [0.5, 0.6) is 17.2 Å². The maximum Gasteiger partial charge on any atom is 0.461 e. The third-order valence-electron chi connectivity index (χ3n) is 5.94. The highest BCUT2D eigenvalue weighted by Crippen LogP contribution is 2.52. The van der Waals surface area contributed by atoms with Crippen molar-refractivity contribution in [2.75, 3.05) is 11.4 Å². The van der Waals surface area contributed by atoms with Gasteiger partial charge in [0.15, 0.2) is 17.6 Å². The molecule has 0 aromatic heterocycles. The minimum absolute atomic E-state index is 0.212. The summed E-state index contributed by atoms with van der Waals surface area (Å²) >= 11 is 0. The van der Waals surface area contributed by atoms with Crippen molar-refractivity contribution in [1.29, 1.82) is 0 Å². The Hall–Kier alpha value is -3.96. The molecule has 18 heteroatoms. The van der Waals surface area contributed by atoms with Crippen molar-refractivity contribution in [2.45, 2.75) is 49.4 Å². The number of aliphatic hydroxyl groups excluding tert-OH is 1. The molecule has 4 nitrogen and oxygen atoms in total. The van der Waals surface area contributed by atoms with Crippen LogP contribution in [-0.4, -0.2) is 48.6 Å². The largest absolute Gasteiger partial charge is 0.461 e. The van der Waals surface area contributed by atoms with Crippen LogP contribution in [0.4, 0.5) is 67.2 Å². The molecule has 248 valence electrons.